The zero-order valence-electron chi connectivity index (χ0n) is 15.1. The molecule has 7 heteroatoms. The van der Waals surface area contributed by atoms with Gasteiger partial charge in [0, 0.05) is 31.4 Å². The lowest BCUT2D eigenvalue weighted by Crippen LogP contribution is -2.25. The van der Waals surface area contributed by atoms with Crippen LogP contribution in [-0.2, 0) is 9.59 Å². The van der Waals surface area contributed by atoms with Gasteiger partial charge in [0.25, 0.3) is 0 Å². The minimum atomic E-state index is -0.202. The Hall–Kier alpha value is -2.96. The summed E-state index contributed by atoms with van der Waals surface area (Å²) in [5.74, 6) is 0.304. The molecule has 1 aliphatic heterocycles. The summed E-state index contributed by atoms with van der Waals surface area (Å²) in [5, 5.41) is 12.9. The first-order valence-electron chi connectivity index (χ1n) is 8.81. The molecule has 2 aromatic rings. The van der Waals surface area contributed by atoms with Crippen LogP contribution >= 0.6 is 0 Å². The van der Waals surface area contributed by atoms with Gasteiger partial charge in [0.2, 0.25) is 11.8 Å². The summed E-state index contributed by atoms with van der Waals surface area (Å²) < 4.78 is 1.73. The van der Waals surface area contributed by atoms with Crippen LogP contribution in [0.25, 0.3) is 0 Å². The first-order valence-corrected chi connectivity index (χ1v) is 8.81. The Bertz CT molecular complexity index is 810. The van der Waals surface area contributed by atoms with Crippen molar-refractivity contribution in [3.63, 3.8) is 0 Å². The maximum Gasteiger partial charge on any atom is 0.243 e. The molecule has 1 aromatic carbocycles. The maximum atomic E-state index is 12.3. The Kier molecular flexibility index (Phi) is 5.46. The lowest BCUT2D eigenvalue weighted by molar-refractivity contribution is -0.132. The number of hydrogen-bond donors (Lipinski definition) is 1. The number of carbonyl (C=O) groups is 2. The van der Waals surface area contributed by atoms with Crippen molar-refractivity contribution in [2.24, 2.45) is 5.10 Å². The van der Waals surface area contributed by atoms with Crippen LogP contribution < -0.4 is 5.32 Å². The molecule has 0 saturated carbocycles. The Morgan fingerprint density at radius 1 is 1.15 bits per heavy atom. The van der Waals surface area contributed by atoms with Crippen molar-refractivity contribution in [3.05, 3.63) is 48.2 Å². The summed E-state index contributed by atoms with van der Waals surface area (Å²) in [5.41, 5.74) is 1.94. The monoisotopic (exact) mass is 353 g/mol. The van der Waals surface area contributed by atoms with Crippen LogP contribution in [0.5, 0.6) is 0 Å². The molecule has 0 saturated heterocycles. The van der Waals surface area contributed by atoms with E-state index in [1.165, 1.54) is 5.01 Å². The first kappa shape index (κ1) is 17.8. The van der Waals surface area contributed by atoms with Gasteiger partial charge >= 0.3 is 0 Å². The van der Waals surface area contributed by atoms with E-state index < -0.39 is 0 Å². The van der Waals surface area contributed by atoms with Crippen LogP contribution in [0.4, 0.5) is 5.82 Å². The highest BCUT2D eigenvalue weighted by Gasteiger charge is 2.22. The molecular weight excluding hydrogens is 330 g/mol. The highest BCUT2D eigenvalue weighted by atomic mass is 16.2. The van der Waals surface area contributed by atoms with E-state index in [0.29, 0.717) is 12.4 Å². The average molecular weight is 353 g/mol. The molecule has 2 amide bonds. The zero-order chi connectivity index (χ0) is 18.5. The quantitative estimate of drug-likeness (QED) is 0.867. The Labute approximate surface area is 152 Å². The van der Waals surface area contributed by atoms with E-state index in [4.69, 9.17) is 0 Å². The van der Waals surface area contributed by atoms with Crippen molar-refractivity contribution in [1.29, 1.82) is 0 Å². The van der Waals surface area contributed by atoms with Gasteiger partial charge in [0.15, 0.2) is 0 Å². The van der Waals surface area contributed by atoms with Gasteiger partial charge in [-0.25, -0.2) is 9.69 Å². The summed E-state index contributed by atoms with van der Waals surface area (Å²) >= 11 is 0. The van der Waals surface area contributed by atoms with E-state index in [1.807, 2.05) is 44.2 Å². The second-order valence-electron chi connectivity index (χ2n) is 6.48. The molecule has 1 aromatic heterocycles. The third-order valence-electron chi connectivity index (χ3n) is 4.19. The molecule has 1 N–H and O–H groups in total. The molecule has 136 valence electrons. The standard InChI is InChI=1S/C19H23N5O2/c1-14(2)24-17(10-12-20-24)21-18(25)8-9-19(26)23-13-11-16(22-23)15-6-4-3-5-7-15/h3-7,10,12,14H,8-9,11,13H2,1-2H3,(H,21,25). The topological polar surface area (TPSA) is 79.6 Å². The predicted molar refractivity (Wildman–Crippen MR) is 99.8 cm³/mol. The van der Waals surface area contributed by atoms with E-state index in [9.17, 15) is 9.59 Å². The molecule has 0 fully saturated rings. The van der Waals surface area contributed by atoms with Gasteiger partial charge in [-0.05, 0) is 19.4 Å². The number of hydrazone groups is 1. The number of hydrogen-bond acceptors (Lipinski definition) is 4. The fourth-order valence-corrected chi connectivity index (χ4v) is 2.85. The lowest BCUT2D eigenvalue weighted by atomic mass is 10.1. The molecule has 0 bridgehead atoms. The smallest absolute Gasteiger partial charge is 0.243 e. The van der Waals surface area contributed by atoms with Gasteiger partial charge in [-0.1, -0.05) is 30.3 Å². The van der Waals surface area contributed by atoms with Gasteiger partial charge in [-0.2, -0.15) is 10.2 Å². The molecule has 3 rings (SSSR count). The van der Waals surface area contributed by atoms with Crippen molar-refractivity contribution in [2.45, 2.75) is 39.2 Å². The van der Waals surface area contributed by atoms with Crippen molar-refractivity contribution >= 4 is 23.3 Å². The van der Waals surface area contributed by atoms with Gasteiger partial charge in [-0.3, -0.25) is 9.59 Å². The summed E-state index contributed by atoms with van der Waals surface area (Å²) in [6, 6.07) is 11.7. The number of amides is 2. The van der Waals surface area contributed by atoms with Gasteiger partial charge in [0.1, 0.15) is 5.82 Å². The van der Waals surface area contributed by atoms with Crippen molar-refractivity contribution < 1.29 is 9.59 Å². The Morgan fingerprint density at radius 2 is 1.92 bits per heavy atom. The van der Waals surface area contributed by atoms with Gasteiger partial charge < -0.3 is 5.32 Å². The fourth-order valence-electron chi connectivity index (χ4n) is 2.85. The third kappa shape index (κ3) is 4.17. The lowest BCUT2D eigenvalue weighted by Gasteiger charge is -2.13. The SMILES string of the molecule is CC(C)n1nccc1NC(=O)CCC(=O)N1CCC(c2ccccc2)=N1. The maximum absolute atomic E-state index is 12.3. The van der Waals surface area contributed by atoms with E-state index >= 15 is 0 Å². The highest BCUT2D eigenvalue weighted by Crippen LogP contribution is 2.16. The number of nitrogens with one attached hydrogen (secondary N) is 1. The molecule has 2 heterocycles. The van der Waals surface area contributed by atoms with Crippen LogP contribution in [0.2, 0.25) is 0 Å². The number of nitrogens with zero attached hydrogens (tertiary/aromatic N) is 4. The van der Waals surface area contributed by atoms with Crippen molar-refractivity contribution in [1.82, 2.24) is 14.8 Å². The van der Waals surface area contributed by atoms with Crippen molar-refractivity contribution in [3.8, 4) is 0 Å². The molecule has 0 aliphatic carbocycles. The molecule has 0 unspecified atom stereocenters. The van der Waals surface area contributed by atoms with E-state index in [-0.39, 0.29) is 30.7 Å². The van der Waals surface area contributed by atoms with Crippen molar-refractivity contribution in [2.75, 3.05) is 11.9 Å². The summed E-state index contributed by atoms with van der Waals surface area (Å²) in [6.45, 7) is 4.54. The molecule has 26 heavy (non-hydrogen) atoms. The van der Waals surface area contributed by atoms with Gasteiger partial charge in [0.05, 0.1) is 18.5 Å². The number of rotatable bonds is 6. The normalized spacial score (nSPS) is 13.8. The number of carbonyl (C=O) groups excluding carboxylic acids is 2. The number of benzene rings is 1. The van der Waals surface area contributed by atoms with Crippen LogP contribution in [0.3, 0.4) is 0 Å². The fraction of sp³-hybridized carbons (Fsp3) is 0.368. The highest BCUT2D eigenvalue weighted by molar-refractivity contribution is 6.02. The molecule has 0 spiro atoms. The van der Waals surface area contributed by atoms with Crippen LogP contribution in [0.1, 0.15) is 44.7 Å². The number of anilines is 1. The summed E-state index contributed by atoms with van der Waals surface area (Å²) in [7, 11) is 0. The first-order chi connectivity index (χ1) is 12.5. The second kappa shape index (κ2) is 7.95. The number of aromatic nitrogens is 2. The summed E-state index contributed by atoms with van der Waals surface area (Å²) in [6.07, 6.45) is 2.63. The summed E-state index contributed by atoms with van der Waals surface area (Å²) in [4.78, 5) is 24.5. The van der Waals surface area contributed by atoms with E-state index in [2.05, 4.69) is 15.5 Å². The second-order valence-corrected chi connectivity index (χ2v) is 6.48. The predicted octanol–water partition coefficient (Wildman–Crippen LogP) is 2.82. The van der Waals surface area contributed by atoms with Crippen LogP contribution in [-0.4, -0.2) is 38.9 Å². The largest absolute Gasteiger partial charge is 0.311 e. The van der Waals surface area contributed by atoms with Crippen LogP contribution in [0, 0.1) is 0 Å². The molecule has 0 radical (unpaired) electrons. The molecule has 0 atom stereocenters. The van der Waals surface area contributed by atoms with E-state index in [0.717, 1.165) is 17.7 Å². The minimum Gasteiger partial charge on any atom is -0.311 e. The van der Waals surface area contributed by atoms with Crippen LogP contribution in [0.15, 0.2) is 47.7 Å². The molecular formula is C19H23N5O2. The molecule has 7 nitrogen and oxygen atoms in total. The van der Waals surface area contributed by atoms with E-state index in [1.54, 1.807) is 16.9 Å². The Morgan fingerprint density at radius 3 is 2.65 bits per heavy atom. The Balaban J connectivity index is 1.52. The average Bonchev–Trinajstić information content (AvgIpc) is 3.30. The third-order valence-corrected chi connectivity index (χ3v) is 4.19. The van der Waals surface area contributed by atoms with Gasteiger partial charge in [-0.15, -0.1) is 0 Å². The minimum absolute atomic E-state index is 0.120. The molecule has 1 aliphatic rings. The zero-order valence-corrected chi connectivity index (χ0v) is 15.1.